The maximum atomic E-state index is 11.8. The van der Waals surface area contributed by atoms with Crippen molar-refractivity contribution < 1.29 is 19.4 Å². The van der Waals surface area contributed by atoms with Crippen LogP contribution in [0.25, 0.3) is 0 Å². The molecule has 0 saturated carbocycles. The van der Waals surface area contributed by atoms with Crippen molar-refractivity contribution in [3.05, 3.63) is 35.9 Å². The van der Waals surface area contributed by atoms with E-state index < -0.39 is 11.1 Å². The van der Waals surface area contributed by atoms with E-state index in [1.807, 2.05) is 36.2 Å². The highest BCUT2D eigenvalue weighted by atomic mass is 16.5. The molecule has 1 saturated heterocycles. The van der Waals surface area contributed by atoms with E-state index in [-0.39, 0.29) is 12.2 Å². The Morgan fingerprint density at radius 1 is 1.23 bits per heavy atom. The number of ketones is 1. The molecule has 1 aromatic carbocycles. The molecule has 0 radical (unpaired) electrons. The topological polar surface area (TPSA) is 59.0 Å². The molecule has 22 heavy (non-hydrogen) atoms. The van der Waals surface area contributed by atoms with Crippen molar-refractivity contribution in [3.8, 4) is 11.5 Å². The summed E-state index contributed by atoms with van der Waals surface area (Å²) in [6.45, 7) is 0.725. The van der Waals surface area contributed by atoms with E-state index in [1.54, 1.807) is 20.3 Å². The minimum Gasteiger partial charge on any atom is -0.493 e. The number of likely N-dealkylation sites (tertiary alicyclic amines) is 1. The number of hydrogen-bond donors (Lipinski definition) is 1. The molecular formula is C17H21NO4. The Kier molecular flexibility index (Phi) is 3.50. The zero-order valence-electron chi connectivity index (χ0n) is 13.1. The van der Waals surface area contributed by atoms with Crippen molar-refractivity contribution in [2.45, 2.75) is 24.0 Å². The minimum atomic E-state index is -1.20. The Hall–Kier alpha value is -1.85. The summed E-state index contributed by atoms with van der Waals surface area (Å²) >= 11 is 0. The Labute approximate surface area is 130 Å². The van der Waals surface area contributed by atoms with Crippen molar-refractivity contribution >= 4 is 5.78 Å². The van der Waals surface area contributed by atoms with Crippen LogP contribution in [0, 0.1) is 0 Å². The largest absolute Gasteiger partial charge is 0.493 e. The number of methoxy groups -OCH3 is 2. The van der Waals surface area contributed by atoms with Gasteiger partial charge in [-0.05, 0) is 37.2 Å². The molecule has 0 amide bonds. The third-order valence-electron chi connectivity index (χ3n) is 5.06. The number of likely N-dealkylation sites (N-methyl/N-ethyl adjacent to an activating group) is 1. The lowest BCUT2D eigenvalue weighted by molar-refractivity contribution is -0.139. The van der Waals surface area contributed by atoms with Gasteiger partial charge < -0.3 is 14.6 Å². The number of fused-ring (bicyclic) bond motifs is 1. The van der Waals surface area contributed by atoms with Gasteiger partial charge in [0.25, 0.3) is 0 Å². The standard InChI is InChI=1S/C17H21NO4/c1-18-9-8-16(7-6-13(19)11-17(16,18)20)12-4-5-14(21-2)15(10-12)22-3/h4-7,10,20H,8-9,11H2,1-3H3. The summed E-state index contributed by atoms with van der Waals surface area (Å²) < 4.78 is 10.7. The van der Waals surface area contributed by atoms with Crippen LogP contribution in [0.15, 0.2) is 30.4 Å². The van der Waals surface area contributed by atoms with Gasteiger partial charge in [-0.25, -0.2) is 0 Å². The van der Waals surface area contributed by atoms with Gasteiger partial charge in [0.15, 0.2) is 17.3 Å². The summed E-state index contributed by atoms with van der Waals surface area (Å²) in [5, 5.41) is 11.2. The van der Waals surface area contributed by atoms with E-state index in [0.29, 0.717) is 11.5 Å². The van der Waals surface area contributed by atoms with Crippen molar-refractivity contribution in [1.82, 2.24) is 4.90 Å². The highest BCUT2D eigenvalue weighted by Gasteiger charge is 2.59. The summed E-state index contributed by atoms with van der Waals surface area (Å²) in [6, 6.07) is 5.67. The molecule has 5 heteroatoms. The molecule has 2 unspecified atom stereocenters. The second kappa shape index (κ2) is 5.11. The molecular weight excluding hydrogens is 282 g/mol. The minimum absolute atomic E-state index is 0.0487. The number of benzene rings is 1. The molecule has 1 N–H and O–H groups in total. The lowest BCUT2D eigenvalue weighted by atomic mass is 9.67. The van der Waals surface area contributed by atoms with Gasteiger partial charge in [-0.1, -0.05) is 12.1 Å². The quantitative estimate of drug-likeness (QED) is 0.917. The van der Waals surface area contributed by atoms with Gasteiger partial charge in [-0.15, -0.1) is 0 Å². The molecule has 0 aromatic heterocycles. The Morgan fingerprint density at radius 3 is 2.64 bits per heavy atom. The van der Waals surface area contributed by atoms with E-state index >= 15 is 0 Å². The number of aliphatic hydroxyl groups is 1. The maximum Gasteiger partial charge on any atom is 0.161 e. The molecule has 2 aliphatic rings. The summed E-state index contributed by atoms with van der Waals surface area (Å²) in [5.41, 5.74) is -0.867. The number of rotatable bonds is 3. The normalized spacial score (nSPS) is 31.2. The highest BCUT2D eigenvalue weighted by Crippen LogP contribution is 2.51. The molecule has 2 atom stereocenters. The third-order valence-corrected chi connectivity index (χ3v) is 5.06. The number of ether oxygens (including phenoxy) is 2. The lowest BCUT2D eigenvalue weighted by Crippen LogP contribution is -2.56. The second-order valence-electron chi connectivity index (χ2n) is 6.01. The average molecular weight is 303 g/mol. The molecule has 1 aromatic rings. The van der Waals surface area contributed by atoms with Crippen LogP contribution >= 0.6 is 0 Å². The number of nitrogens with zero attached hydrogens (tertiary/aromatic N) is 1. The van der Waals surface area contributed by atoms with E-state index in [2.05, 4.69) is 0 Å². The smallest absolute Gasteiger partial charge is 0.161 e. The molecule has 1 aliphatic heterocycles. The van der Waals surface area contributed by atoms with E-state index in [9.17, 15) is 9.90 Å². The number of allylic oxidation sites excluding steroid dienone is 1. The third kappa shape index (κ3) is 1.89. The van der Waals surface area contributed by atoms with Crippen LogP contribution in [0.3, 0.4) is 0 Å². The summed E-state index contributed by atoms with van der Waals surface area (Å²) in [4.78, 5) is 13.7. The van der Waals surface area contributed by atoms with Gasteiger partial charge >= 0.3 is 0 Å². The van der Waals surface area contributed by atoms with Gasteiger partial charge in [0, 0.05) is 6.54 Å². The van der Waals surface area contributed by atoms with Crippen LogP contribution in [-0.2, 0) is 10.2 Å². The number of carbonyl (C=O) groups excluding carboxylic acids is 1. The predicted octanol–water partition coefficient (Wildman–Crippen LogP) is 1.49. The van der Waals surface area contributed by atoms with Gasteiger partial charge in [0.05, 0.1) is 26.1 Å². The number of hydrogen-bond acceptors (Lipinski definition) is 5. The lowest BCUT2D eigenvalue weighted by Gasteiger charge is -2.45. The fourth-order valence-corrected chi connectivity index (χ4v) is 3.70. The first-order chi connectivity index (χ1) is 10.5. The fourth-order valence-electron chi connectivity index (χ4n) is 3.70. The molecule has 0 bridgehead atoms. The van der Waals surface area contributed by atoms with Gasteiger partial charge in [0.1, 0.15) is 5.72 Å². The average Bonchev–Trinajstić information content (AvgIpc) is 2.79. The first-order valence-electron chi connectivity index (χ1n) is 7.35. The molecule has 1 aliphatic carbocycles. The zero-order valence-corrected chi connectivity index (χ0v) is 13.1. The molecule has 5 nitrogen and oxygen atoms in total. The van der Waals surface area contributed by atoms with E-state index in [0.717, 1.165) is 18.5 Å². The van der Waals surface area contributed by atoms with E-state index in [4.69, 9.17) is 9.47 Å². The van der Waals surface area contributed by atoms with Crippen LogP contribution < -0.4 is 9.47 Å². The Balaban J connectivity index is 2.16. The van der Waals surface area contributed by atoms with Crippen molar-refractivity contribution in [1.29, 1.82) is 0 Å². The highest BCUT2D eigenvalue weighted by molar-refractivity contribution is 5.92. The summed E-state index contributed by atoms with van der Waals surface area (Å²) in [6.07, 6.45) is 4.29. The Morgan fingerprint density at radius 2 is 1.95 bits per heavy atom. The Bertz CT molecular complexity index is 642. The molecule has 3 rings (SSSR count). The van der Waals surface area contributed by atoms with Crippen LogP contribution in [0.4, 0.5) is 0 Å². The molecule has 118 valence electrons. The fraction of sp³-hybridized carbons (Fsp3) is 0.471. The zero-order chi connectivity index (χ0) is 16.0. The first kappa shape index (κ1) is 15.1. The maximum absolute atomic E-state index is 11.8. The van der Waals surface area contributed by atoms with Gasteiger partial charge in [0.2, 0.25) is 0 Å². The van der Waals surface area contributed by atoms with Gasteiger partial charge in [-0.3, -0.25) is 9.69 Å². The van der Waals surface area contributed by atoms with Crippen LogP contribution in [0.1, 0.15) is 18.4 Å². The van der Waals surface area contributed by atoms with E-state index in [1.165, 1.54) is 0 Å². The molecule has 1 fully saturated rings. The second-order valence-corrected chi connectivity index (χ2v) is 6.01. The van der Waals surface area contributed by atoms with Crippen molar-refractivity contribution in [2.75, 3.05) is 27.8 Å². The van der Waals surface area contributed by atoms with Crippen LogP contribution in [-0.4, -0.2) is 49.3 Å². The van der Waals surface area contributed by atoms with Crippen molar-refractivity contribution in [3.63, 3.8) is 0 Å². The summed E-state index contributed by atoms with van der Waals surface area (Å²) in [7, 11) is 5.04. The summed E-state index contributed by atoms with van der Waals surface area (Å²) in [5.74, 6) is 1.22. The number of carbonyl (C=O) groups is 1. The predicted molar refractivity (Wildman–Crippen MR) is 82.2 cm³/mol. The van der Waals surface area contributed by atoms with Crippen molar-refractivity contribution in [2.24, 2.45) is 0 Å². The monoisotopic (exact) mass is 303 g/mol. The van der Waals surface area contributed by atoms with Crippen LogP contribution in [0.5, 0.6) is 11.5 Å². The first-order valence-corrected chi connectivity index (χ1v) is 7.35. The van der Waals surface area contributed by atoms with Gasteiger partial charge in [-0.2, -0.15) is 0 Å². The van der Waals surface area contributed by atoms with Crippen LogP contribution in [0.2, 0.25) is 0 Å². The molecule has 1 heterocycles. The molecule has 0 spiro atoms. The SMILES string of the molecule is COc1ccc(C23C=CC(=O)CC2(O)N(C)CC3)cc1OC.